The zero-order valence-corrected chi connectivity index (χ0v) is 10.9. The van der Waals surface area contributed by atoms with E-state index in [1.54, 1.807) is 12.1 Å². The first kappa shape index (κ1) is 12.2. The van der Waals surface area contributed by atoms with E-state index in [1.165, 1.54) is 18.9 Å². The van der Waals surface area contributed by atoms with E-state index in [9.17, 15) is 4.79 Å². The second-order valence-corrected chi connectivity index (χ2v) is 5.13. The number of halogens is 1. The van der Waals surface area contributed by atoms with E-state index >= 15 is 0 Å². The van der Waals surface area contributed by atoms with Crippen molar-refractivity contribution in [3.8, 4) is 11.3 Å². The van der Waals surface area contributed by atoms with Crippen LogP contribution in [0, 0.1) is 0 Å². The fourth-order valence-electron chi connectivity index (χ4n) is 2.07. The lowest BCUT2D eigenvalue weighted by Crippen LogP contribution is -1.97. The highest BCUT2D eigenvalue weighted by Gasteiger charge is 2.25. The molecule has 0 spiro atoms. The monoisotopic (exact) mass is 273 g/mol. The van der Waals surface area contributed by atoms with Gasteiger partial charge in [0, 0.05) is 17.2 Å². The van der Waals surface area contributed by atoms with Crippen LogP contribution < -0.4 is 0 Å². The van der Waals surface area contributed by atoms with Crippen LogP contribution in [0.15, 0.2) is 36.4 Å². The van der Waals surface area contributed by atoms with Crippen LogP contribution in [-0.2, 0) is 0 Å². The lowest BCUT2D eigenvalue weighted by Gasteiger charge is -2.06. The first-order valence-electron chi connectivity index (χ1n) is 6.15. The molecule has 0 saturated heterocycles. The van der Waals surface area contributed by atoms with Crippen LogP contribution >= 0.6 is 11.6 Å². The van der Waals surface area contributed by atoms with Crippen molar-refractivity contribution < 1.29 is 9.90 Å². The molecule has 1 aliphatic rings. The fraction of sp³-hybridized carbons (Fsp3) is 0.200. The molecule has 2 aromatic rings. The summed E-state index contributed by atoms with van der Waals surface area (Å²) >= 11 is 5.98. The largest absolute Gasteiger partial charge is 0.478 e. The molecular formula is C15H12ClNO2. The predicted octanol–water partition coefficient (Wildman–Crippen LogP) is 3.98. The van der Waals surface area contributed by atoms with Crippen LogP contribution in [0.2, 0.25) is 5.02 Å². The molecule has 1 aromatic heterocycles. The molecule has 19 heavy (non-hydrogen) atoms. The number of aromatic nitrogens is 1. The molecule has 1 heterocycles. The molecule has 1 fully saturated rings. The summed E-state index contributed by atoms with van der Waals surface area (Å²) in [5.41, 5.74) is 2.90. The molecule has 1 N–H and O–H groups in total. The molecular weight excluding hydrogens is 262 g/mol. The molecule has 1 aliphatic carbocycles. The van der Waals surface area contributed by atoms with Crippen molar-refractivity contribution >= 4 is 17.6 Å². The van der Waals surface area contributed by atoms with Crippen LogP contribution in [0.3, 0.4) is 0 Å². The fourth-order valence-corrected chi connectivity index (χ4v) is 2.33. The number of benzene rings is 1. The Hall–Kier alpha value is -1.87. The van der Waals surface area contributed by atoms with Crippen molar-refractivity contribution in [1.82, 2.24) is 4.98 Å². The Balaban J connectivity index is 1.99. The number of hydrogen-bond acceptors (Lipinski definition) is 2. The topological polar surface area (TPSA) is 50.2 Å². The molecule has 0 radical (unpaired) electrons. The van der Waals surface area contributed by atoms with Crippen molar-refractivity contribution in [2.24, 2.45) is 0 Å². The van der Waals surface area contributed by atoms with Gasteiger partial charge in [-0.3, -0.25) is 4.98 Å². The first-order chi connectivity index (χ1) is 9.15. The third-order valence-corrected chi connectivity index (χ3v) is 3.57. The zero-order chi connectivity index (χ0) is 13.4. The molecule has 3 rings (SSSR count). The highest BCUT2D eigenvalue weighted by atomic mass is 35.5. The third kappa shape index (κ3) is 2.47. The zero-order valence-electron chi connectivity index (χ0n) is 10.1. The summed E-state index contributed by atoms with van der Waals surface area (Å²) in [6.07, 6.45) is 2.41. The SMILES string of the molecule is O=C(O)c1ccc(-c2cccc(C3CC3)n2)cc1Cl. The van der Waals surface area contributed by atoms with Gasteiger partial charge in [-0.15, -0.1) is 0 Å². The van der Waals surface area contributed by atoms with E-state index in [0.29, 0.717) is 5.92 Å². The van der Waals surface area contributed by atoms with Crippen molar-refractivity contribution in [2.75, 3.05) is 0 Å². The maximum atomic E-state index is 10.9. The molecule has 4 heteroatoms. The molecule has 0 bridgehead atoms. The van der Waals surface area contributed by atoms with Crippen LogP contribution in [0.4, 0.5) is 0 Å². The summed E-state index contributed by atoms with van der Waals surface area (Å²) in [5, 5.41) is 9.19. The van der Waals surface area contributed by atoms with Gasteiger partial charge < -0.3 is 5.11 Å². The van der Waals surface area contributed by atoms with E-state index in [4.69, 9.17) is 16.7 Å². The lowest BCUT2D eigenvalue weighted by atomic mass is 10.1. The van der Waals surface area contributed by atoms with Gasteiger partial charge in [-0.05, 0) is 37.1 Å². The number of nitrogens with zero attached hydrogens (tertiary/aromatic N) is 1. The number of rotatable bonds is 3. The van der Waals surface area contributed by atoms with E-state index in [0.717, 1.165) is 17.0 Å². The lowest BCUT2D eigenvalue weighted by molar-refractivity contribution is 0.0697. The van der Waals surface area contributed by atoms with Crippen molar-refractivity contribution in [3.05, 3.63) is 52.7 Å². The van der Waals surface area contributed by atoms with Gasteiger partial charge in [-0.25, -0.2) is 4.79 Å². The van der Waals surface area contributed by atoms with Gasteiger partial charge in [0.1, 0.15) is 0 Å². The predicted molar refractivity (Wildman–Crippen MR) is 73.6 cm³/mol. The minimum absolute atomic E-state index is 0.115. The summed E-state index contributed by atoms with van der Waals surface area (Å²) in [6.45, 7) is 0. The van der Waals surface area contributed by atoms with Crippen LogP contribution in [0.5, 0.6) is 0 Å². The maximum Gasteiger partial charge on any atom is 0.337 e. The second-order valence-electron chi connectivity index (χ2n) is 4.72. The molecule has 0 amide bonds. The van der Waals surface area contributed by atoms with E-state index in [1.807, 2.05) is 18.2 Å². The van der Waals surface area contributed by atoms with Gasteiger partial charge in [-0.1, -0.05) is 23.7 Å². The van der Waals surface area contributed by atoms with Crippen LogP contribution in [0.1, 0.15) is 34.8 Å². The number of hydrogen-bond donors (Lipinski definition) is 1. The average Bonchev–Trinajstić information content (AvgIpc) is 3.22. The Bertz CT molecular complexity index is 650. The first-order valence-corrected chi connectivity index (χ1v) is 6.53. The smallest absolute Gasteiger partial charge is 0.337 e. The van der Waals surface area contributed by atoms with Crippen molar-refractivity contribution in [1.29, 1.82) is 0 Å². The standard InChI is InChI=1S/C15H12ClNO2/c16-12-8-10(6-7-11(12)15(18)19)14-3-1-2-13(17-14)9-4-5-9/h1-3,6-9H,4-5H2,(H,18,19). The van der Waals surface area contributed by atoms with Gasteiger partial charge in [0.25, 0.3) is 0 Å². The number of carbonyl (C=O) groups is 1. The molecule has 3 nitrogen and oxygen atoms in total. The van der Waals surface area contributed by atoms with E-state index < -0.39 is 5.97 Å². The van der Waals surface area contributed by atoms with Crippen LogP contribution in [0.25, 0.3) is 11.3 Å². The second kappa shape index (κ2) is 4.67. The Morgan fingerprint density at radius 2 is 2.05 bits per heavy atom. The molecule has 1 aromatic carbocycles. The molecule has 0 unspecified atom stereocenters. The highest BCUT2D eigenvalue weighted by Crippen LogP contribution is 2.39. The van der Waals surface area contributed by atoms with Gasteiger partial charge in [-0.2, -0.15) is 0 Å². The Labute approximate surface area is 115 Å². The third-order valence-electron chi connectivity index (χ3n) is 3.26. The number of aromatic carboxylic acids is 1. The Kier molecular flexibility index (Phi) is 2.99. The minimum atomic E-state index is -1.02. The van der Waals surface area contributed by atoms with Crippen molar-refractivity contribution in [3.63, 3.8) is 0 Å². The highest BCUT2D eigenvalue weighted by molar-refractivity contribution is 6.33. The molecule has 0 atom stereocenters. The normalized spacial score (nSPS) is 14.4. The maximum absolute atomic E-state index is 10.9. The quantitative estimate of drug-likeness (QED) is 0.920. The molecule has 1 saturated carbocycles. The van der Waals surface area contributed by atoms with E-state index in [-0.39, 0.29) is 10.6 Å². The summed E-state index contributed by atoms with van der Waals surface area (Å²) in [7, 11) is 0. The van der Waals surface area contributed by atoms with E-state index in [2.05, 4.69) is 4.98 Å². The summed E-state index contributed by atoms with van der Waals surface area (Å²) in [6, 6.07) is 10.9. The van der Waals surface area contributed by atoms with Crippen LogP contribution in [-0.4, -0.2) is 16.1 Å². The Morgan fingerprint density at radius 1 is 1.26 bits per heavy atom. The van der Waals surface area contributed by atoms with Gasteiger partial charge in [0.15, 0.2) is 0 Å². The molecule has 0 aliphatic heterocycles. The number of carboxylic acid groups (broad SMARTS) is 1. The Morgan fingerprint density at radius 3 is 2.68 bits per heavy atom. The average molecular weight is 274 g/mol. The van der Waals surface area contributed by atoms with Gasteiger partial charge in [0.05, 0.1) is 16.3 Å². The summed E-state index contributed by atoms with van der Waals surface area (Å²) in [4.78, 5) is 15.5. The molecule has 96 valence electrons. The minimum Gasteiger partial charge on any atom is -0.478 e. The van der Waals surface area contributed by atoms with Crippen molar-refractivity contribution in [2.45, 2.75) is 18.8 Å². The summed E-state index contributed by atoms with van der Waals surface area (Å²) in [5.74, 6) is -0.426. The van der Waals surface area contributed by atoms with Gasteiger partial charge >= 0.3 is 5.97 Å². The summed E-state index contributed by atoms with van der Waals surface area (Å²) < 4.78 is 0. The number of carboxylic acids is 1. The van der Waals surface area contributed by atoms with Gasteiger partial charge in [0.2, 0.25) is 0 Å². The number of pyridine rings is 1.